The van der Waals surface area contributed by atoms with E-state index in [-0.39, 0.29) is 59.8 Å². The minimum atomic E-state index is -0.297. The zero-order valence-electron chi connectivity index (χ0n) is 53.4. The Kier molecular flexibility index (Phi) is 16.1. The van der Waals surface area contributed by atoms with Gasteiger partial charge in [-0.25, -0.2) is 29.0 Å². The second kappa shape index (κ2) is 26.2. The van der Waals surface area contributed by atoms with Crippen LogP contribution in [0.25, 0.3) is 66.9 Å². The molecule has 0 unspecified atom stereocenters. The number of aromatic nitrogens is 14. The standard InChI is InChI=1S/C26H18ClN5O2.C26H19N5O3.C24H19N7O2/c27-20-9-8-17-13-19(20)21-10-11-24(33)32(30-21)15-16-4-3-5-18(12-16)25(34)29-26-28-22-6-1-2-7-23(22)31(26)14-17;32-23-10-8-17-13-19(23)20-9-11-24(33)31(29-20)15-16-4-3-5-18(12-16)25(34)28-26-27-21-6-1-2-7-22(21)30(26)14-17;32-22-9-8-19-18-13-25-29(15-18)10-11-30-21-7-2-1-6-20(21)26-24(30)27-23(33)17-5-3-4-16(12-17)14-31(22)28-19/h1-13H,14-15H2,(H,28,29,34);1-13,32H,14-15H2,(H,27,28,34);1-9,12-13,15H,10-11,14H2,(H,26,27,33). The number of anilines is 3. The van der Waals surface area contributed by atoms with Gasteiger partial charge in [0.1, 0.15) is 5.75 Å². The molecule has 0 saturated heterocycles. The third kappa shape index (κ3) is 12.7. The molecule has 0 saturated carbocycles. The number of fused-ring (bicyclic) bond motifs is 30. The molecule has 0 aliphatic carbocycles. The van der Waals surface area contributed by atoms with Crippen LogP contribution in [0.3, 0.4) is 0 Å². The lowest BCUT2D eigenvalue weighted by Gasteiger charge is -2.12. The summed E-state index contributed by atoms with van der Waals surface area (Å²) in [5.74, 6) is 0.587. The summed E-state index contributed by atoms with van der Waals surface area (Å²) in [5, 5.41) is 38.0. The number of phenols is 1. The third-order valence-electron chi connectivity index (χ3n) is 17.6. The Labute approximate surface area is 577 Å². The first-order valence-corrected chi connectivity index (χ1v) is 32.6. The lowest BCUT2D eigenvalue weighted by molar-refractivity contribution is 0.101. The number of phenolic OH excluding ortho intramolecular Hbond substituents is 1. The molecule has 3 aliphatic heterocycles. The third-order valence-corrected chi connectivity index (χ3v) is 17.9. The predicted octanol–water partition coefficient (Wildman–Crippen LogP) is 11.0. The number of aromatic hydroxyl groups is 1. The number of hydrogen-bond donors (Lipinski definition) is 4. The fourth-order valence-electron chi connectivity index (χ4n) is 12.6. The summed E-state index contributed by atoms with van der Waals surface area (Å²) in [6.07, 6.45) is 3.64. The average Bonchev–Trinajstić information content (AvgIpc) is 1.69. The SMILES string of the molecule is O=C1Nc2nc3ccccc3n2CCn2cc(cn2)-c2ccc(=O)n(n2)Cc2cccc1c2.O=C1Nc2nc3ccccc3n2Cc2ccc(Cl)c(c2)-c2ccc(=O)n(n2)Cc2cccc1c2.O=C1Nc2nc3ccccc3n2Cc2ccc(O)c(c2)-c2ccc(=O)n(n2)Cc2cccc1c2. The Morgan fingerprint density at radius 1 is 0.366 bits per heavy atom. The average molecular weight is 1350 g/mol. The number of nitrogens with zero attached hydrogens (tertiary/aromatic N) is 14. The van der Waals surface area contributed by atoms with E-state index in [0.717, 1.165) is 72.0 Å². The highest BCUT2D eigenvalue weighted by atomic mass is 35.5. The zero-order chi connectivity index (χ0) is 68.8. The highest BCUT2D eigenvalue weighted by Gasteiger charge is 2.22. The van der Waals surface area contributed by atoms with Gasteiger partial charge in [-0.3, -0.25) is 49.4 Å². The molecule has 494 valence electrons. The molecule has 0 radical (unpaired) electrons. The molecular weight excluding hydrogens is 1300 g/mol. The molecule has 3 aliphatic rings. The van der Waals surface area contributed by atoms with E-state index in [1.165, 1.54) is 32.2 Å². The molecule has 0 fully saturated rings. The Morgan fingerprint density at radius 2 is 0.772 bits per heavy atom. The molecule has 101 heavy (non-hydrogen) atoms. The second-order valence-electron chi connectivity index (χ2n) is 24.4. The van der Waals surface area contributed by atoms with E-state index < -0.39 is 0 Å². The van der Waals surface area contributed by atoms with Crippen LogP contribution in [-0.4, -0.2) is 90.6 Å². The van der Waals surface area contributed by atoms with Gasteiger partial charge in [-0.1, -0.05) is 96.5 Å². The van der Waals surface area contributed by atoms with Gasteiger partial charge in [-0.05, 0) is 143 Å². The number of para-hydroxylation sites is 6. The van der Waals surface area contributed by atoms with E-state index in [1.807, 2.05) is 146 Å². The van der Waals surface area contributed by atoms with Gasteiger partial charge in [0, 0.05) is 64.3 Å². The van der Waals surface area contributed by atoms with Gasteiger partial charge in [-0.15, -0.1) is 0 Å². The topological polar surface area (TPSA) is 283 Å². The van der Waals surface area contributed by atoms with E-state index in [1.54, 1.807) is 85.1 Å². The maximum atomic E-state index is 13.2. The normalized spacial score (nSPS) is 13.2. The zero-order valence-corrected chi connectivity index (χ0v) is 54.2. The molecule has 4 N–H and O–H groups in total. The fraction of sp³-hybridized carbons (Fsp3) is 0.0921. The van der Waals surface area contributed by atoms with Crippen LogP contribution < -0.4 is 32.6 Å². The van der Waals surface area contributed by atoms with Crippen LogP contribution >= 0.6 is 11.6 Å². The maximum absolute atomic E-state index is 13.2. The number of aryl methyl sites for hydroxylation is 2. The molecule has 25 heteroatoms. The van der Waals surface area contributed by atoms with Crippen molar-refractivity contribution < 1.29 is 19.5 Å². The summed E-state index contributed by atoms with van der Waals surface area (Å²) in [6.45, 7) is 2.66. The van der Waals surface area contributed by atoms with Gasteiger partial charge >= 0.3 is 0 Å². The predicted molar refractivity (Wildman–Crippen MR) is 382 cm³/mol. The Morgan fingerprint density at radius 3 is 1.27 bits per heavy atom. The van der Waals surface area contributed by atoms with E-state index in [4.69, 9.17) is 11.6 Å². The van der Waals surface area contributed by atoms with E-state index in [2.05, 4.69) is 51.3 Å². The van der Waals surface area contributed by atoms with Crippen LogP contribution in [0.5, 0.6) is 5.75 Å². The van der Waals surface area contributed by atoms with Crippen LogP contribution in [0.4, 0.5) is 17.8 Å². The summed E-state index contributed by atoms with van der Waals surface area (Å²) in [6, 6.07) is 65.0. The van der Waals surface area contributed by atoms with Crippen molar-refractivity contribution in [3.63, 3.8) is 0 Å². The number of amides is 3. The highest BCUT2D eigenvalue weighted by molar-refractivity contribution is 6.33. The first kappa shape index (κ1) is 62.3. The fourth-order valence-corrected chi connectivity index (χ4v) is 12.8. The number of benzene rings is 8. The number of carbonyl (C=O) groups excluding carboxylic acids is 3. The molecule has 24 nitrogen and oxygen atoms in total. The van der Waals surface area contributed by atoms with Crippen LogP contribution in [0.1, 0.15) is 58.9 Å². The lowest BCUT2D eigenvalue weighted by Crippen LogP contribution is -2.23. The maximum Gasteiger partial charge on any atom is 0.267 e. The minimum absolute atomic E-state index is 0.0665. The van der Waals surface area contributed by atoms with E-state index >= 15 is 0 Å². The highest BCUT2D eigenvalue weighted by Crippen LogP contribution is 2.33. The van der Waals surface area contributed by atoms with Crippen molar-refractivity contribution >= 4 is 80.3 Å². The van der Waals surface area contributed by atoms with Crippen molar-refractivity contribution in [2.24, 2.45) is 0 Å². The quantitative estimate of drug-likeness (QED) is 0.110. The number of nitrogens with one attached hydrogen (secondary N) is 3. The number of imidazole rings is 3. The first-order valence-electron chi connectivity index (χ1n) is 32.2. The Hall–Kier alpha value is -13.5. The van der Waals surface area contributed by atoms with E-state index in [9.17, 15) is 33.9 Å². The molecule has 18 rings (SSSR count). The van der Waals surface area contributed by atoms with Crippen molar-refractivity contribution in [3.05, 3.63) is 311 Å². The molecular formula is C76H56ClN17O7. The largest absolute Gasteiger partial charge is 0.507 e. The minimum Gasteiger partial charge on any atom is -0.507 e. The molecule has 15 aromatic rings. The number of carbonyl (C=O) groups is 3. The van der Waals surface area contributed by atoms with Crippen molar-refractivity contribution in [1.29, 1.82) is 0 Å². The molecule has 0 spiro atoms. The Balaban J connectivity index is 0.000000118. The Bertz CT molecular complexity index is 5790. The molecule has 10 heterocycles. The number of hydrogen-bond acceptors (Lipinski definition) is 14. The molecule has 8 aromatic carbocycles. The molecule has 3 amide bonds. The van der Waals surface area contributed by atoms with E-state index in [0.29, 0.717) is 88.4 Å². The number of rotatable bonds is 0. The molecule has 7 aromatic heterocycles. The van der Waals surface area contributed by atoms with Gasteiger partial charge in [0.2, 0.25) is 17.8 Å². The number of halogens is 1. The van der Waals surface area contributed by atoms with Crippen molar-refractivity contribution in [1.82, 2.24) is 67.8 Å². The summed E-state index contributed by atoms with van der Waals surface area (Å²) in [4.78, 5) is 90.8. The monoisotopic (exact) mass is 1350 g/mol. The summed E-state index contributed by atoms with van der Waals surface area (Å²) in [7, 11) is 0. The van der Waals surface area contributed by atoms with Crippen molar-refractivity contribution in [3.8, 4) is 39.5 Å². The molecule has 0 atom stereocenters. The van der Waals surface area contributed by atoms with Crippen LogP contribution in [0, 0.1) is 0 Å². The summed E-state index contributed by atoms with van der Waals surface area (Å²) in [5.41, 5.74) is 13.7. The summed E-state index contributed by atoms with van der Waals surface area (Å²) < 4.78 is 11.8. The summed E-state index contributed by atoms with van der Waals surface area (Å²) >= 11 is 6.54. The van der Waals surface area contributed by atoms with Gasteiger partial charge in [0.05, 0.1) is 101 Å². The van der Waals surface area contributed by atoms with Crippen LogP contribution in [0.2, 0.25) is 5.02 Å². The lowest BCUT2D eigenvalue weighted by atomic mass is 10.1. The van der Waals surface area contributed by atoms with Crippen LogP contribution in [-0.2, 0) is 45.8 Å². The van der Waals surface area contributed by atoms with Crippen molar-refractivity contribution in [2.75, 3.05) is 16.0 Å². The second-order valence-corrected chi connectivity index (χ2v) is 24.8. The van der Waals surface area contributed by atoms with Gasteiger partial charge < -0.3 is 18.8 Å². The van der Waals surface area contributed by atoms with Gasteiger partial charge in [0.25, 0.3) is 34.4 Å². The first-order chi connectivity index (χ1) is 49.2. The smallest absolute Gasteiger partial charge is 0.267 e. The van der Waals surface area contributed by atoms with Crippen LogP contribution in [0.15, 0.2) is 245 Å². The van der Waals surface area contributed by atoms with Gasteiger partial charge in [-0.2, -0.15) is 20.4 Å². The van der Waals surface area contributed by atoms with Gasteiger partial charge in [0.15, 0.2) is 0 Å². The van der Waals surface area contributed by atoms with Crippen molar-refractivity contribution in [2.45, 2.75) is 45.8 Å². The molecule has 18 bridgehead atoms.